The van der Waals surface area contributed by atoms with Crippen LogP contribution in [0, 0.1) is 11.8 Å². The molecule has 2 rings (SSSR count). The highest BCUT2D eigenvalue weighted by Crippen LogP contribution is 2.22. The van der Waals surface area contributed by atoms with Crippen molar-refractivity contribution in [1.29, 1.82) is 0 Å². The van der Waals surface area contributed by atoms with Crippen molar-refractivity contribution in [3.8, 4) is 5.75 Å². The topological polar surface area (TPSA) is 58.6 Å². The molecule has 1 heterocycles. The monoisotopic (exact) mass is 304 g/mol. The van der Waals surface area contributed by atoms with Gasteiger partial charge in [-0.1, -0.05) is 13.8 Å². The van der Waals surface area contributed by atoms with Crippen molar-refractivity contribution in [1.82, 2.24) is 4.90 Å². The van der Waals surface area contributed by atoms with E-state index in [1.54, 1.807) is 36.3 Å². The Bertz CT molecular complexity index is 525. The number of likely N-dealkylation sites (tertiary alicyclic amines) is 1. The average molecular weight is 304 g/mol. The SMILES string of the molecule is COc1ccc(NC(=O)[C@H]2CC(=O)N(CCC(C)C)C2)cc1. The number of anilines is 1. The number of hydrogen-bond donors (Lipinski definition) is 1. The van der Waals surface area contributed by atoms with Crippen LogP contribution >= 0.6 is 0 Å². The van der Waals surface area contributed by atoms with Gasteiger partial charge in [-0.3, -0.25) is 9.59 Å². The van der Waals surface area contributed by atoms with Crippen molar-refractivity contribution in [2.75, 3.05) is 25.5 Å². The lowest BCUT2D eigenvalue weighted by Gasteiger charge is -2.17. The molecule has 2 amide bonds. The molecule has 1 N–H and O–H groups in total. The van der Waals surface area contributed by atoms with Crippen molar-refractivity contribution in [3.05, 3.63) is 24.3 Å². The zero-order valence-electron chi connectivity index (χ0n) is 13.5. The summed E-state index contributed by atoms with van der Waals surface area (Å²) in [5.41, 5.74) is 0.721. The number of nitrogens with zero attached hydrogens (tertiary/aromatic N) is 1. The molecule has 1 fully saturated rings. The maximum absolute atomic E-state index is 12.3. The van der Waals surface area contributed by atoms with E-state index in [1.165, 1.54) is 0 Å². The summed E-state index contributed by atoms with van der Waals surface area (Å²) < 4.78 is 5.08. The highest BCUT2D eigenvalue weighted by atomic mass is 16.5. The van der Waals surface area contributed by atoms with E-state index < -0.39 is 0 Å². The zero-order valence-corrected chi connectivity index (χ0v) is 13.5. The van der Waals surface area contributed by atoms with Gasteiger partial charge in [0.1, 0.15) is 5.75 Å². The average Bonchev–Trinajstić information content (AvgIpc) is 2.87. The number of methoxy groups -OCH3 is 1. The number of nitrogens with one attached hydrogen (secondary N) is 1. The third kappa shape index (κ3) is 4.23. The van der Waals surface area contributed by atoms with Crippen molar-refractivity contribution >= 4 is 17.5 Å². The second-order valence-electron chi connectivity index (χ2n) is 6.14. The molecule has 1 saturated heterocycles. The van der Waals surface area contributed by atoms with Gasteiger partial charge in [0.25, 0.3) is 0 Å². The number of ether oxygens (including phenoxy) is 1. The van der Waals surface area contributed by atoms with Crippen molar-refractivity contribution in [2.24, 2.45) is 11.8 Å². The van der Waals surface area contributed by atoms with Crippen molar-refractivity contribution in [2.45, 2.75) is 26.7 Å². The maximum atomic E-state index is 12.3. The molecular weight excluding hydrogens is 280 g/mol. The van der Waals surface area contributed by atoms with Gasteiger partial charge in [0.15, 0.2) is 0 Å². The lowest BCUT2D eigenvalue weighted by atomic mass is 10.1. The molecule has 0 saturated carbocycles. The first-order valence-corrected chi connectivity index (χ1v) is 7.72. The number of hydrogen-bond acceptors (Lipinski definition) is 3. The largest absolute Gasteiger partial charge is 0.497 e. The van der Waals surface area contributed by atoms with Crippen molar-refractivity contribution in [3.63, 3.8) is 0 Å². The Morgan fingerprint density at radius 2 is 2.05 bits per heavy atom. The molecule has 5 nitrogen and oxygen atoms in total. The standard InChI is InChI=1S/C17H24N2O3/c1-12(2)8-9-19-11-13(10-16(19)20)17(21)18-14-4-6-15(22-3)7-5-14/h4-7,12-13H,8-11H2,1-3H3,(H,18,21)/t13-/m0/s1. The molecule has 0 aromatic heterocycles. The van der Waals surface area contributed by atoms with E-state index in [0.29, 0.717) is 18.9 Å². The molecule has 0 aliphatic carbocycles. The predicted molar refractivity (Wildman–Crippen MR) is 85.8 cm³/mol. The molecule has 1 aliphatic rings. The maximum Gasteiger partial charge on any atom is 0.229 e. The quantitative estimate of drug-likeness (QED) is 0.878. The van der Waals surface area contributed by atoms with Crippen LogP contribution in [0.15, 0.2) is 24.3 Å². The normalized spacial score (nSPS) is 17.9. The van der Waals surface area contributed by atoms with Crippen LogP contribution in [-0.4, -0.2) is 36.9 Å². The van der Waals surface area contributed by atoms with Gasteiger partial charge in [-0.25, -0.2) is 0 Å². The van der Waals surface area contributed by atoms with E-state index in [0.717, 1.165) is 24.4 Å². The minimum atomic E-state index is -0.262. The van der Waals surface area contributed by atoms with E-state index in [2.05, 4.69) is 19.2 Å². The summed E-state index contributed by atoms with van der Waals surface area (Å²) in [7, 11) is 1.60. The lowest BCUT2D eigenvalue weighted by Crippen LogP contribution is -2.29. The summed E-state index contributed by atoms with van der Waals surface area (Å²) in [5.74, 6) is 1.02. The summed E-state index contributed by atoms with van der Waals surface area (Å²) in [6.45, 7) is 5.53. The molecule has 22 heavy (non-hydrogen) atoms. The number of benzene rings is 1. The van der Waals surface area contributed by atoms with Crippen LogP contribution in [0.25, 0.3) is 0 Å². The molecule has 0 unspecified atom stereocenters. The minimum Gasteiger partial charge on any atom is -0.497 e. The van der Waals surface area contributed by atoms with Crippen molar-refractivity contribution < 1.29 is 14.3 Å². The Morgan fingerprint density at radius 1 is 1.36 bits per heavy atom. The molecule has 0 spiro atoms. The number of carbonyl (C=O) groups is 2. The second kappa shape index (κ2) is 7.29. The van der Waals surface area contributed by atoms with Gasteiger partial charge in [0.05, 0.1) is 13.0 Å². The van der Waals surface area contributed by atoms with E-state index in [9.17, 15) is 9.59 Å². The molecule has 1 aliphatic heterocycles. The molecule has 5 heteroatoms. The first kappa shape index (κ1) is 16.3. The highest BCUT2D eigenvalue weighted by molar-refractivity contribution is 5.97. The van der Waals surface area contributed by atoms with Crippen LogP contribution in [-0.2, 0) is 9.59 Å². The van der Waals surface area contributed by atoms with Gasteiger partial charge >= 0.3 is 0 Å². The first-order chi connectivity index (χ1) is 10.5. The number of carbonyl (C=O) groups excluding carboxylic acids is 2. The van der Waals surface area contributed by atoms with E-state index in [4.69, 9.17) is 4.74 Å². The Morgan fingerprint density at radius 3 is 2.64 bits per heavy atom. The lowest BCUT2D eigenvalue weighted by molar-refractivity contribution is -0.128. The van der Waals surface area contributed by atoms with Crippen LogP contribution in [0.2, 0.25) is 0 Å². The number of amides is 2. The molecule has 1 atom stereocenters. The highest BCUT2D eigenvalue weighted by Gasteiger charge is 2.34. The van der Waals surface area contributed by atoms with Gasteiger partial charge in [-0.05, 0) is 36.6 Å². The van der Waals surface area contributed by atoms with Crippen LogP contribution in [0.1, 0.15) is 26.7 Å². The number of rotatable bonds is 6. The van der Waals surface area contributed by atoms with Crippen LogP contribution in [0.5, 0.6) is 5.75 Å². The molecular formula is C17H24N2O3. The molecule has 120 valence electrons. The summed E-state index contributed by atoms with van der Waals surface area (Å²) in [6, 6.07) is 7.18. The molecule has 1 aromatic rings. The smallest absolute Gasteiger partial charge is 0.229 e. The molecule has 1 aromatic carbocycles. The van der Waals surface area contributed by atoms with Gasteiger partial charge in [0, 0.05) is 25.2 Å². The summed E-state index contributed by atoms with van der Waals surface area (Å²) >= 11 is 0. The Labute approximate surface area is 131 Å². The van der Waals surface area contributed by atoms with Crippen LogP contribution in [0.4, 0.5) is 5.69 Å². The van der Waals surface area contributed by atoms with Crippen LogP contribution < -0.4 is 10.1 Å². The minimum absolute atomic E-state index is 0.0792. The summed E-state index contributed by atoms with van der Waals surface area (Å²) in [6.07, 6.45) is 1.28. The second-order valence-corrected chi connectivity index (χ2v) is 6.14. The third-order valence-corrected chi connectivity index (χ3v) is 3.92. The van der Waals surface area contributed by atoms with E-state index in [1.807, 2.05) is 0 Å². The van der Waals surface area contributed by atoms with E-state index >= 15 is 0 Å². The Kier molecular flexibility index (Phi) is 5.41. The summed E-state index contributed by atoms with van der Waals surface area (Å²) in [4.78, 5) is 26.0. The first-order valence-electron chi connectivity index (χ1n) is 7.72. The van der Waals surface area contributed by atoms with Gasteiger partial charge in [-0.15, -0.1) is 0 Å². The fourth-order valence-corrected chi connectivity index (χ4v) is 2.50. The van der Waals surface area contributed by atoms with Crippen LogP contribution in [0.3, 0.4) is 0 Å². The summed E-state index contributed by atoms with van der Waals surface area (Å²) in [5, 5.41) is 2.87. The molecule has 0 radical (unpaired) electrons. The Hall–Kier alpha value is -2.04. The Balaban J connectivity index is 1.88. The zero-order chi connectivity index (χ0) is 16.1. The van der Waals surface area contributed by atoms with Gasteiger partial charge in [0.2, 0.25) is 11.8 Å². The molecule has 0 bridgehead atoms. The fraction of sp³-hybridized carbons (Fsp3) is 0.529. The predicted octanol–water partition coefficient (Wildman–Crippen LogP) is 2.53. The van der Waals surface area contributed by atoms with Gasteiger partial charge < -0.3 is 15.0 Å². The third-order valence-electron chi connectivity index (χ3n) is 3.92. The van der Waals surface area contributed by atoms with E-state index in [-0.39, 0.29) is 17.7 Å². The van der Waals surface area contributed by atoms with Gasteiger partial charge in [-0.2, -0.15) is 0 Å². The fourth-order valence-electron chi connectivity index (χ4n) is 2.50.